The Kier molecular flexibility index (Phi) is 6.36. The van der Waals surface area contributed by atoms with Crippen LogP contribution in [0.25, 0.3) is 0 Å². The van der Waals surface area contributed by atoms with Gasteiger partial charge in [-0.2, -0.15) is 0 Å². The molecule has 1 aromatic carbocycles. The van der Waals surface area contributed by atoms with Crippen molar-refractivity contribution in [2.75, 3.05) is 18.1 Å². The second-order valence-corrected chi connectivity index (χ2v) is 7.74. The fourth-order valence-corrected chi connectivity index (χ4v) is 3.13. The molecule has 0 aromatic heterocycles. The van der Waals surface area contributed by atoms with E-state index >= 15 is 0 Å². The number of hydrogen-bond acceptors (Lipinski definition) is 4. The minimum atomic E-state index is -3.37. The maximum atomic E-state index is 12.1. The van der Waals surface area contributed by atoms with Crippen molar-refractivity contribution in [1.82, 2.24) is 0 Å². The van der Waals surface area contributed by atoms with E-state index in [0.29, 0.717) is 24.6 Å². The number of anilines is 1. The van der Waals surface area contributed by atoms with Crippen LogP contribution in [-0.2, 0) is 14.6 Å². The number of carbonyl (C=O) groups is 1. The van der Waals surface area contributed by atoms with Crippen LogP contribution in [0.15, 0.2) is 29.2 Å². The Morgan fingerprint density at radius 1 is 1.29 bits per heavy atom. The number of sulfone groups is 1. The molecule has 0 aliphatic heterocycles. The van der Waals surface area contributed by atoms with E-state index in [1.165, 1.54) is 6.07 Å². The van der Waals surface area contributed by atoms with Crippen LogP contribution in [0.4, 0.5) is 5.69 Å². The molecular formula is C15H24N2O3S. The van der Waals surface area contributed by atoms with E-state index in [9.17, 15) is 13.2 Å². The molecule has 1 atom stereocenters. The smallest absolute Gasteiger partial charge is 0.224 e. The highest BCUT2D eigenvalue weighted by atomic mass is 32.2. The quantitative estimate of drug-likeness (QED) is 0.806. The molecule has 0 aliphatic carbocycles. The lowest BCUT2D eigenvalue weighted by Crippen LogP contribution is -2.24. The van der Waals surface area contributed by atoms with Crippen molar-refractivity contribution in [3.8, 4) is 0 Å². The second kappa shape index (κ2) is 7.56. The van der Waals surface area contributed by atoms with Gasteiger partial charge in [0.2, 0.25) is 5.91 Å². The van der Waals surface area contributed by atoms with Crippen LogP contribution in [0, 0.1) is 11.8 Å². The van der Waals surface area contributed by atoms with Gasteiger partial charge in [0.05, 0.1) is 10.6 Å². The summed E-state index contributed by atoms with van der Waals surface area (Å²) in [5.74, 6) is 0.368. The molecule has 0 fully saturated rings. The summed E-state index contributed by atoms with van der Waals surface area (Å²) in [6.07, 6.45) is 2.30. The first-order valence-electron chi connectivity index (χ1n) is 7.03. The summed E-state index contributed by atoms with van der Waals surface area (Å²) in [7, 11) is -3.37. The van der Waals surface area contributed by atoms with Gasteiger partial charge in [-0.25, -0.2) is 8.42 Å². The maximum Gasteiger partial charge on any atom is 0.224 e. The van der Waals surface area contributed by atoms with Crippen molar-refractivity contribution < 1.29 is 13.2 Å². The molecule has 5 nitrogen and oxygen atoms in total. The Morgan fingerprint density at radius 2 is 1.90 bits per heavy atom. The molecule has 21 heavy (non-hydrogen) atoms. The van der Waals surface area contributed by atoms with Crippen molar-refractivity contribution in [3.05, 3.63) is 24.3 Å². The fourth-order valence-electron chi connectivity index (χ4n) is 2.29. The minimum absolute atomic E-state index is 0.107. The topological polar surface area (TPSA) is 89.3 Å². The third-order valence-electron chi connectivity index (χ3n) is 3.17. The summed E-state index contributed by atoms with van der Waals surface area (Å²) in [5.41, 5.74) is 6.01. The number of para-hydroxylation sites is 1. The number of benzene rings is 1. The summed E-state index contributed by atoms with van der Waals surface area (Å²) >= 11 is 0. The number of rotatable bonds is 7. The van der Waals surface area contributed by atoms with Gasteiger partial charge in [0.15, 0.2) is 9.84 Å². The van der Waals surface area contributed by atoms with Gasteiger partial charge in [-0.1, -0.05) is 26.0 Å². The molecule has 0 heterocycles. The standard InChI is InChI=1S/C15H24N2O3S/c1-11(2)8-12(10-16)9-15(18)17-13-6-4-5-7-14(13)21(3,19)20/h4-7,11-12H,8-10,16H2,1-3H3,(H,17,18)/t12-/m0/s1. The van der Waals surface area contributed by atoms with Crippen LogP contribution in [0.1, 0.15) is 26.7 Å². The molecule has 0 aliphatic rings. The SMILES string of the molecule is CC(C)C[C@H](CN)CC(=O)Nc1ccccc1S(C)(=O)=O. The van der Waals surface area contributed by atoms with Gasteiger partial charge in [-0.15, -0.1) is 0 Å². The predicted octanol–water partition coefficient (Wildman–Crippen LogP) is 2.04. The Labute approximate surface area is 126 Å². The molecule has 6 heteroatoms. The fraction of sp³-hybridized carbons (Fsp3) is 0.533. The van der Waals surface area contributed by atoms with E-state index in [4.69, 9.17) is 5.73 Å². The highest BCUT2D eigenvalue weighted by Gasteiger charge is 2.17. The minimum Gasteiger partial charge on any atom is -0.330 e. The summed E-state index contributed by atoms with van der Waals surface area (Å²) in [5, 5.41) is 2.68. The summed E-state index contributed by atoms with van der Waals surface area (Å²) in [6.45, 7) is 4.61. The lowest BCUT2D eigenvalue weighted by molar-refractivity contribution is -0.117. The first-order valence-corrected chi connectivity index (χ1v) is 8.92. The average molecular weight is 312 g/mol. The molecule has 0 radical (unpaired) electrons. The number of carbonyl (C=O) groups excluding carboxylic acids is 1. The molecular weight excluding hydrogens is 288 g/mol. The van der Waals surface area contributed by atoms with E-state index in [1.807, 2.05) is 0 Å². The van der Waals surface area contributed by atoms with Crippen molar-refractivity contribution in [1.29, 1.82) is 0 Å². The summed E-state index contributed by atoms with van der Waals surface area (Å²) < 4.78 is 23.4. The van der Waals surface area contributed by atoms with Crippen molar-refractivity contribution in [2.24, 2.45) is 17.6 Å². The summed E-state index contributed by atoms with van der Waals surface area (Å²) in [6, 6.07) is 6.40. The average Bonchev–Trinajstić information content (AvgIpc) is 2.36. The molecule has 3 N–H and O–H groups in total. The molecule has 0 saturated carbocycles. The predicted molar refractivity (Wildman–Crippen MR) is 84.8 cm³/mol. The number of hydrogen-bond donors (Lipinski definition) is 2. The van der Waals surface area contributed by atoms with Gasteiger partial charge in [0.1, 0.15) is 0 Å². The normalized spacial score (nSPS) is 13.2. The molecule has 1 rings (SSSR count). The third kappa shape index (κ3) is 5.85. The highest BCUT2D eigenvalue weighted by Crippen LogP contribution is 2.22. The first kappa shape index (κ1) is 17.7. The Balaban J connectivity index is 2.80. The maximum absolute atomic E-state index is 12.1. The number of nitrogens with two attached hydrogens (primary N) is 1. The molecule has 0 spiro atoms. The van der Waals surface area contributed by atoms with Crippen molar-refractivity contribution >= 4 is 21.4 Å². The molecule has 0 saturated heterocycles. The van der Waals surface area contributed by atoms with E-state index in [-0.39, 0.29) is 16.7 Å². The highest BCUT2D eigenvalue weighted by molar-refractivity contribution is 7.90. The molecule has 118 valence electrons. The molecule has 0 unspecified atom stereocenters. The number of nitrogens with one attached hydrogen (secondary N) is 1. The van der Waals surface area contributed by atoms with E-state index in [1.54, 1.807) is 18.2 Å². The van der Waals surface area contributed by atoms with Gasteiger partial charge in [-0.05, 0) is 36.9 Å². The zero-order chi connectivity index (χ0) is 16.0. The third-order valence-corrected chi connectivity index (χ3v) is 4.33. The van der Waals surface area contributed by atoms with Crippen LogP contribution < -0.4 is 11.1 Å². The zero-order valence-electron chi connectivity index (χ0n) is 12.8. The van der Waals surface area contributed by atoms with E-state index in [2.05, 4.69) is 19.2 Å². The molecule has 1 aromatic rings. The van der Waals surface area contributed by atoms with E-state index in [0.717, 1.165) is 12.7 Å². The lowest BCUT2D eigenvalue weighted by atomic mass is 9.94. The largest absolute Gasteiger partial charge is 0.330 e. The molecule has 1 amide bonds. The van der Waals surface area contributed by atoms with Crippen LogP contribution in [-0.4, -0.2) is 27.1 Å². The zero-order valence-corrected chi connectivity index (χ0v) is 13.6. The van der Waals surface area contributed by atoms with Crippen LogP contribution in [0.2, 0.25) is 0 Å². The van der Waals surface area contributed by atoms with Gasteiger partial charge in [0.25, 0.3) is 0 Å². The van der Waals surface area contributed by atoms with E-state index < -0.39 is 9.84 Å². The number of amides is 1. The first-order chi connectivity index (χ1) is 9.74. The van der Waals surface area contributed by atoms with Gasteiger partial charge in [0, 0.05) is 12.7 Å². The molecule has 0 bridgehead atoms. The Morgan fingerprint density at radius 3 is 2.43 bits per heavy atom. The lowest BCUT2D eigenvalue weighted by Gasteiger charge is -2.17. The Hall–Kier alpha value is -1.40. The van der Waals surface area contributed by atoms with Gasteiger partial charge in [-0.3, -0.25) is 4.79 Å². The van der Waals surface area contributed by atoms with Crippen molar-refractivity contribution in [3.63, 3.8) is 0 Å². The second-order valence-electron chi connectivity index (χ2n) is 5.75. The van der Waals surface area contributed by atoms with Crippen LogP contribution >= 0.6 is 0 Å². The van der Waals surface area contributed by atoms with Crippen molar-refractivity contribution in [2.45, 2.75) is 31.6 Å². The van der Waals surface area contributed by atoms with Crippen LogP contribution in [0.3, 0.4) is 0 Å². The Bertz CT molecular complexity index is 582. The van der Waals surface area contributed by atoms with Gasteiger partial charge < -0.3 is 11.1 Å². The monoisotopic (exact) mass is 312 g/mol. The summed E-state index contributed by atoms with van der Waals surface area (Å²) in [4.78, 5) is 12.2. The van der Waals surface area contributed by atoms with Gasteiger partial charge >= 0.3 is 0 Å². The van der Waals surface area contributed by atoms with Crippen LogP contribution in [0.5, 0.6) is 0 Å².